The predicted molar refractivity (Wildman–Crippen MR) is 74.4 cm³/mol. The lowest BCUT2D eigenvalue weighted by Crippen LogP contribution is -2.31. The molecule has 0 saturated heterocycles. The highest BCUT2D eigenvalue weighted by Gasteiger charge is 2.41. The number of benzene rings is 1. The summed E-state index contributed by atoms with van der Waals surface area (Å²) in [7, 11) is -3.88. The molecule has 108 valence electrons. The van der Waals surface area contributed by atoms with Crippen molar-refractivity contribution in [3.63, 3.8) is 0 Å². The largest absolute Gasteiger partial charge is 0.270 e. The summed E-state index contributed by atoms with van der Waals surface area (Å²) < 4.78 is 25.1. The molecule has 0 radical (unpaired) electrons. The molecule has 1 aliphatic heterocycles. The quantitative estimate of drug-likeness (QED) is 0.384. The number of sulfonamides is 1. The summed E-state index contributed by atoms with van der Waals surface area (Å²) in [4.78, 5) is 21.9. The van der Waals surface area contributed by atoms with Crippen molar-refractivity contribution in [3.8, 4) is 0 Å². The molecule has 7 nitrogen and oxygen atoms in total. The van der Waals surface area contributed by atoms with Crippen molar-refractivity contribution >= 4 is 34.2 Å². The van der Waals surface area contributed by atoms with Gasteiger partial charge < -0.3 is 0 Å². The van der Waals surface area contributed by atoms with E-state index in [-0.39, 0.29) is 22.7 Å². The first-order valence-corrected chi connectivity index (χ1v) is 7.93. The third-order valence-electron chi connectivity index (χ3n) is 2.97. The van der Waals surface area contributed by atoms with Gasteiger partial charge in [0, 0.05) is 18.7 Å². The third kappa shape index (κ3) is 2.38. The van der Waals surface area contributed by atoms with E-state index in [2.05, 4.69) is 12.6 Å². The highest BCUT2D eigenvalue weighted by Crippen LogP contribution is 2.32. The van der Waals surface area contributed by atoms with Crippen molar-refractivity contribution in [1.29, 1.82) is 0 Å². The number of nitrogens with zero attached hydrogens (tertiary/aromatic N) is 2. The van der Waals surface area contributed by atoms with Gasteiger partial charge in [-0.3, -0.25) is 14.9 Å². The fourth-order valence-electron chi connectivity index (χ4n) is 1.97. The molecule has 0 aliphatic carbocycles. The lowest BCUT2D eigenvalue weighted by atomic mass is 10.2. The summed E-state index contributed by atoms with van der Waals surface area (Å²) in [5, 5.41) is 10.7. The van der Waals surface area contributed by atoms with Crippen LogP contribution in [0.4, 0.5) is 5.69 Å². The van der Waals surface area contributed by atoms with Gasteiger partial charge in [0.25, 0.3) is 21.6 Å². The van der Waals surface area contributed by atoms with E-state index in [1.54, 1.807) is 0 Å². The number of non-ortho nitro benzene ring substituents is 1. The van der Waals surface area contributed by atoms with Crippen LogP contribution in [0.25, 0.3) is 0 Å². The van der Waals surface area contributed by atoms with Gasteiger partial charge in [-0.05, 0) is 24.7 Å². The normalized spacial score (nSPS) is 16.2. The molecule has 1 aromatic rings. The number of nitro groups is 1. The lowest BCUT2D eigenvalue weighted by Gasteiger charge is -2.14. The van der Waals surface area contributed by atoms with Gasteiger partial charge in [0.15, 0.2) is 0 Å². The molecule has 1 heterocycles. The SMILES string of the molecule is O=C1c2cc([N+](=O)[O-])ccc2S(=O)(=O)N1CCCCS. The molecule has 0 unspecified atom stereocenters. The number of nitro benzene ring substituents is 1. The van der Waals surface area contributed by atoms with E-state index in [0.29, 0.717) is 18.6 Å². The molecule has 2 rings (SSSR count). The average molecular weight is 316 g/mol. The molecule has 0 saturated carbocycles. The lowest BCUT2D eigenvalue weighted by molar-refractivity contribution is -0.384. The number of amides is 1. The number of hydrogen-bond acceptors (Lipinski definition) is 6. The molecular formula is C11H12N2O5S2. The Morgan fingerprint density at radius 3 is 2.60 bits per heavy atom. The molecule has 1 aliphatic rings. The average Bonchev–Trinajstić information content (AvgIpc) is 2.59. The third-order valence-corrected chi connectivity index (χ3v) is 5.12. The highest BCUT2D eigenvalue weighted by atomic mass is 32.2. The summed E-state index contributed by atoms with van der Waals surface area (Å²) in [6.07, 6.45) is 1.18. The number of carbonyl (C=O) groups is 1. The van der Waals surface area contributed by atoms with Crippen LogP contribution in [0.3, 0.4) is 0 Å². The van der Waals surface area contributed by atoms with Crippen LogP contribution in [0.5, 0.6) is 0 Å². The van der Waals surface area contributed by atoms with Gasteiger partial charge in [-0.25, -0.2) is 12.7 Å². The van der Waals surface area contributed by atoms with Crippen LogP contribution in [-0.2, 0) is 10.0 Å². The number of hydrogen-bond donors (Lipinski definition) is 1. The minimum absolute atomic E-state index is 0.0597. The molecule has 9 heteroatoms. The molecule has 1 aromatic carbocycles. The van der Waals surface area contributed by atoms with Crippen molar-refractivity contribution in [2.45, 2.75) is 17.7 Å². The molecule has 0 N–H and O–H groups in total. The molecule has 0 spiro atoms. The van der Waals surface area contributed by atoms with Gasteiger partial charge in [-0.1, -0.05) is 0 Å². The van der Waals surface area contributed by atoms with Crippen LogP contribution in [0, 0.1) is 10.1 Å². The van der Waals surface area contributed by atoms with Crippen LogP contribution in [-0.4, -0.2) is 35.9 Å². The van der Waals surface area contributed by atoms with Crippen molar-refractivity contribution < 1.29 is 18.1 Å². The smallest absolute Gasteiger partial charge is 0.268 e. The first kappa shape index (κ1) is 14.8. The zero-order chi connectivity index (χ0) is 14.9. The van der Waals surface area contributed by atoms with Gasteiger partial charge in [-0.2, -0.15) is 12.6 Å². The fraction of sp³-hybridized carbons (Fsp3) is 0.364. The number of fused-ring (bicyclic) bond motifs is 1. The maximum absolute atomic E-state index is 12.2. The van der Waals surface area contributed by atoms with Crippen LogP contribution in [0.2, 0.25) is 0 Å². The van der Waals surface area contributed by atoms with E-state index < -0.39 is 20.9 Å². The van der Waals surface area contributed by atoms with E-state index in [1.165, 1.54) is 0 Å². The molecule has 0 bridgehead atoms. The summed E-state index contributed by atoms with van der Waals surface area (Å²) in [6.45, 7) is 0.0597. The minimum atomic E-state index is -3.88. The number of rotatable bonds is 5. The summed E-state index contributed by atoms with van der Waals surface area (Å²) in [6, 6.07) is 3.20. The number of carbonyl (C=O) groups excluding carboxylic acids is 1. The van der Waals surface area contributed by atoms with E-state index in [1.807, 2.05) is 0 Å². The van der Waals surface area contributed by atoms with Crippen LogP contribution in [0.15, 0.2) is 23.1 Å². The zero-order valence-corrected chi connectivity index (χ0v) is 12.1. The Balaban J connectivity index is 2.39. The standard InChI is InChI=1S/C11H12N2O5S2/c14-11-9-7-8(13(15)16)3-4-10(9)20(17,18)12(11)5-1-2-6-19/h3-4,7,19H,1-2,5-6H2. The van der Waals surface area contributed by atoms with Crippen LogP contribution in [0.1, 0.15) is 23.2 Å². The van der Waals surface area contributed by atoms with E-state index in [9.17, 15) is 23.3 Å². The molecule has 1 amide bonds. The minimum Gasteiger partial charge on any atom is -0.268 e. The predicted octanol–water partition coefficient (Wildman–Crippen LogP) is 1.45. The number of thiol groups is 1. The Hall–Kier alpha value is -1.61. The summed E-state index contributed by atoms with van der Waals surface area (Å²) in [5.41, 5.74) is -0.436. The molecule has 0 fully saturated rings. The number of unbranched alkanes of at least 4 members (excludes halogenated alkanes) is 1. The maximum Gasteiger partial charge on any atom is 0.270 e. The topological polar surface area (TPSA) is 97.6 Å². The Kier molecular flexibility index (Phi) is 4.00. The highest BCUT2D eigenvalue weighted by molar-refractivity contribution is 7.90. The second-order valence-electron chi connectivity index (χ2n) is 4.25. The Labute approximate surface area is 121 Å². The van der Waals surface area contributed by atoms with Gasteiger partial charge in [0.2, 0.25) is 0 Å². The second kappa shape index (κ2) is 5.41. The zero-order valence-electron chi connectivity index (χ0n) is 10.4. The summed E-state index contributed by atoms with van der Waals surface area (Å²) in [5.74, 6) is -0.108. The van der Waals surface area contributed by atoms with Gasteiger partial charge in [0.05, 0.1) is 10.5 Å². The second-order valence-corrected chi connectivity index (χ2v) is 6.53. The van der Waals surface area contributed by atoms with E-state index >= 15 is 0 Å². The van der Waals surface area contributed by atoms with E-state index in [0.717, 1.165) is 22.5 Å². The first-order chi connectivity index (χ1) is 9.39. The molecular weight excluding hydrogens is 304 g/mol. The fourth-order valence-corrected chi connectivity index (χ4v) is 3.79. The Morgan fingerprint density at radius 2 is 2.00 bits per heavy atom. The van der Waals surface area contributed by atoms with Gasteiger partial charge in [0.1, 0.15) is 4.90 Å². The van der Waals surface area contributed by atoms with Crippen molar-refractivity contribution in [2.24, 2.45) is 0 Å². The van der Waals surface area contributed by atoms with Crippen molar-refractivity contribution in [3.05, 3.63) is 33.9 Å². The monoisotopic (exact) mass is 316 g/mol. The van der Waals surface area contributed by atoms with Gasteiger partial charge >= 0.3 is 0 Å². The van der Waals surface area contributed by atoms with Crippen molar-refractivity contribution in [1.82, 2.24) is 4.31 Å². The molecule has 20 heavy (non-hydrogen) atoms. The van der Waals surface area contributed by atoms with Crippen molar-refractivity contribution in [2.75, 3.05) is 12.3 Å². The maximum atomic E-state index is 12.2. The molecule has 0 atom stereocenters. The van der Waals surface area contributed by atoms with E-state index in [4.69, 9.17) is 0 Å². The Morgan fingerprint density at radius 1 is 1.30 bits per heavy atom. The first-order valence-electron chi connectivity index (χ1n) is 5.86. The van der Waals surface area contributed by atoms with Crippen LogP contribution < -0.4 is 0 Å². The van der Waals surface area contributed by atoms with Crippen LogP contribution >= 0.6 is 12.6 Å². The Bertz CT molecular complexity index is 671. The molecule has 0 aromatic heterocycles. The summed E-state index contributed by atoms with van der Waals surface area (Å²) >= 11 is 4.02. The van der Waals surface area contributed by atoms with Gasteiger partial charge in [-0.15, -0.1) is 0 Å².